The topological polar surface area (TPSA) is 51.8 Å². The summed E-state index contributed by atoms with van der Waals surface area (Å²) in [5.41, 5.74) is 5.73. The molecule has 2 N–H and O–H groups in total. The number of nitrogens with two attached hydrogens (primary N) is 1. The van der Waals surface area contributed by atoms with E-state index in [4.69, 9.17) is 5.73 Å². The highest BCUT2D eigenvalue weighted by Crippen LogP contribution is 2.29. The summed E-state index contributed by atoms with van der Waals surface area (Å²) < 4.78 is 1.06. The Balaban J connectivity index is 2.23. The van der Waals surface area contributed by atoms with Gasteiger partial charge >= 0.3 is 0 Å². The second-order valence-electron chi connectivity index (χ2n) is 3.17. The van der Waals surface area contributed by atoms with E-state index in [0.29, 0.717) is 11.0 Å². The summed E-state index contributed by atoms with van der Waals surface area (Å²) in [7, 11) is 0. The molecule has 0 atom stereocenters. The average Bonchev–Trinajstić information content (AvgIpc) is 2.31. The van der Waals surface area contributed by atoms with Crippen LogP contribution >= 0.6 is 39.5 Å². The highest BCUT2D eigenvalue weighted by atomic mass is 79.9. The van der Waals surface area contributed by atoms with E-state index in [1.165, 1.54) is 11.8 Å². The molecule has 0 aliphatic carbocycles. The Bertz CT molecular complexity index is 517. The van der Waals surface area contributed by atoms with Crippen LogP contribution in [0.5, 0.6) is 0 Å². The van der Waals surface area contributed by atoms with Crippen LogP contribution < -0.4 is 5.73 Å². The highest BCUT2D eigenvalue weighted by Gasteiger charge is 2.04. The molecule has 0 aliphatic heterocycles. The molecule has 0 spiro atoms. The average molecular weight is 328 g/mol. The number of rotatable bonds is 3. The molecule has 1 aromatic heterocycles. The van der Waals surface area contributed by atoms with E-state index in [-0.39, 0.29) is 0 Å². The maximum atomic E-state index is 5.73. The molecule has 6 heteroatoms. The maximum absolute atomic E-state index is 5.73. The minimum atomic E-state index is 0.504. The lowest BCUT2D eigenvalue weighted by atomic mass is 10.4. The van der Waals surface area contributed by atoms with Crippen molar-refractivity contribution in [1.29, 1.82) is 0 Å². The summed E-state index contributed by atoms with van der Waals surface area (Å²) in [6.45, 7) is 0. The number of thioether (sulfide) groups is 1. The molecule has 1 aromatic carbocycles. The lowest BCUT2D eigenvalue weighted by molar-refractivity contribution is 0.902. The Kier molecular flexibility index (Phi) is 4.31. The van der Waals surface area contributed by atoms with E-state index in [9.17, 15) is 0 Å². The largest absolute Gasteiger partial charge is 0.384 e. The van der Waals surface area contributed by atoms with Gasteiger partial charge in [-0.1, -0.05) is 39.5 Å². The molecule has 1 heterocycles. The normalized spacial score (nSPS) is 10.5. The van der Waals surface area contributed by atoms with Crippen LogP contribution in [0.25, 0.3) is 0 Å². The Morgan fingerprint density at radius 1 is 1.18 bits per heavy atom. The number of aromatic nitrogens is 2. The van der Waals surface area contributed by atoms with Crippen LogP contribution in [0.3, 0.4) is 0 Å². The molecule has 0 bridgehead atoms. The molecule has 0 radical (unpaired) electrons. The Hall–Kier alpha value is -0.720. The summed E-state index contributed by atoms with van der Waals surface area (Å²) >= 11 is 6.47. The second kappa shape index (κ2) is 5.75. The number of hydrogen-bond acceptors (Lipinski definition) is 5. The Labute approximate surface area is 117 Å². The second-order valence-corrected chi connectivity index (χ2v) is 5.96. The number of anilines is 1. The van der Waals surface area contributed by atoms with Gasteiger partial charge in [0, 0.05) is 15.4 Å². The van der Waals surface area contributed by atoms with E-state index in [2.05, 4.69) is 25.9 Å². The van der Waals surface area contributed by atoms with Crippen molar-refractivity contribution >= 4 is 45.3 Å². The van der Waals surface area contributed by atoms with Crippen molar-refractivity contribution in [3.63, 3.8) is 0 Å². The van der Waals surface area contributed by atoms with Crippen molar-refractivity contribution in [1.82, 2.24) is 9.97 Å². The first-order valence-corrected chi connectivity index (χ1v) is 7.63. The van der Waals surface area contributed by atoms with Gasteiger partial charge in [0.1, 0.15) is 10.8 Å². The molecular formula is C11H10BrN3S2. The van der Waals surface area contributed by atoms with Gasteiger partial charge < -0.3 is 5.73 Å². The zero-order chi connectivity index (χ0) is 12.3. The van der Waals surface area contributed by atoms with Crippen molar-refractivity contribution in [2.45, 2.75) is 15.1 Å². The van der Waals surface area contributed by atoms with Gasteiger partial charge in [-0.05, 0) is 30.5 Å². The Morgan fingerprint density at radius 2 is 1.88 bits per heavy atom. The van der Waals surface area contributed by atoms with Gasteiger partial charge in [-0.25, -0.2) is 9.97 Å². The van der Waals surface area contributed by atoms with Gasteiger partial charge in [0.05, 0.1) is 0 Å². The van der Waals surface area contributed by atoms with Crippen LogP contribution in [0.4, 0.5) is 5.82 Å². The Morgan fingerprint density at radius 3 is 2.53 bits per heavy atom. The zero-order valence-corrected chi connectivity index (χ0v) is 12.3. The van der Waals surface area contributed by atoms with Crippen molar-refractivity contribution in [3.8, 4) is 0 Å². The number of nitrogen functional groups attached to an aromatic ring is 1. The van der Waals surface area contributed by atoms with E-state index in [1.54, 1.807) is 17.8 Å². The van der Waals surface area contributed by atoms with E-state index >= 15 is 0 Å². The smallest absolute Gasteiger partial charge is 0.190 e. The van der Waals surface area contributed by atoms with Crippen LogP contribution in [-0.4, -0.2) is 16.2 Å². The summed E-state index contributed by atoms with van der Waals surface area (Å²) in [6, 6.07) is 9.86. The molecular weight excluding hydrogens is 318 g/mol. The monoisotopic (exact) mass is 327 g/mol. The fraction of sp³-hybridized carbons (Fsp3) is 0.0909. The highest BCUT2D eigenvalue weighted by molar-refractivity contribution is 9.10. The summed E-state index contributed by atoms with van der Waals surface area (Å²) in [5, 5.41) is 1.56. The third kappa shape index (κ3) is 3.62. The van der Waals surface area contributed by atoms with Crippen LogP contribution in [0.2, 0.25) is 0 Å². The molecule has 0 unspecified atom stereocenters. The molecule has 2 rings (SSSR count). The van der Waals surface area contributed by atoms with Crippen molar-refractivity contribution in [3.05, 3.63) is 34.8 Å². The fourth-order valence-corrected chi connectivity index (χ4v) is 2.72. The lowest BCUT2D eigenvalue weighted by Gasteiger charge is -2.04. The number of halogens is 1. The summed E-state index contributed by atoms with van der Waals surface area (Å²) in [6.07, 6.45) is 1.93. The quantitative estimate of drug-likeness (QED) is 0.529. The van der Waals surface area contributed by atoms with Gasteiger partial charge in [-0.15, -0.1) is 0 Å². The van der Waals surface area contributed by atoms with E-state index < -0.39 is 0 Å². The van der Waals surface area contributed by atoms with Crippen molar-refractivity contribution in [2.75, 3.05) is 12.0 Å². The predicted octanol–water partition coefficient (Wildman–Crippen LogP) is 3.69. The lowest BCUT2D eigenvalue weighted by Crippen LogP contribution is -1.95. The molecule has 0 amide bonds. The van der Waals surface area contributed by atoms with Gasteiger partial charge in [-0.2, -0.15) is 0 Å². The number of benzene rings is 1. The van der Waals surface area contributed by atoms with Crippen LogP contribution in [0.15, 0.2) is 49.9 Å². The number of nitrogens with zero attached hydrogens (tertiary/aromatic N) is 2. The van der Waals surface area contributed by atoms with Gasteiger partial charge in [0.15, 0.2) is 5.16 Å². The first-order valence-electron chi connectivity index (χ1n) is 4.79. The predicted molar refractivity (Wildman–Crippen MR) is 76.5 cm³/mol. The molecule has 0 saturated carbocycles. The molecule has 2 aromatic rings. The molecule has 0 fully saturated rings. The molecule has 17 heavy (non-hydrogen) atoms. The van der Waals surface area contributed by atoms with E-state index in [1.807, 2.05) is 30.5 Å². The summed E-state index contributed by atoms with van der Waals surface area (Å²) in [4.78, 5) is 9.63. The third-order valence-corrected chi connectivity index (χ3v) is 3.92. The van der Waals surface area contributed by atoms with Crippen LogP contribution in [-0.2, 0) is 0 Å². The summed E-state index contributed by atoms with van der Waals surface area (Å²) in [5.74, 6) is 0.504. The van der Waals surface area contributed by atoms with Crippen molar-refractivity contribution in [2.24, 2.45) is 0 Å². The van der Waals surface area contributed by atoms with Crippen LogP contribution in [0, 0.1) is 0 Å². The SMILES string of the molecule is CSc1nc(N)cc(Sc2ccc(Br)cc2)n1. The molecule has 88 valence electrons. The van der Waals surface area contributed by atoms with Crippen molar-refractivity contribution < 1.29 is 0 Å². The van der Waals surface area contributed by atoms with Gasteiger partial charge in [-0.3, -0.25) is 0 Å². The van der Waals surface area contributed by atoms with E-state index in [0.717, 1.165) is 14.4 Å². The molecule has 0 aliphatic rings. The molecule has 3 nitrogen and oxygen atoms in total. The third-order valence-electron chi connectivity index (χ3n) is 1.92. The van der Waals surface area contributed by atoms with Crippen LogP contribution in [0.1, 0.15) is 0 Å². The molecule has 0 saturated heterocycles. The number of hydrogen-bond donors (Lipinski definition) is 1. The minimum Gasteiger partial charge on any atom is -0.384 e. The first-order chi connectivity index (χ1) is 8.17. The first kappa shape index (κ1) is 12.7. The standard InChI is InChI=1S/C11H10BrN3S2/c1-16-11-14-9(13)6-10(15-11)17-8-4-2-7(12)3-5-8/h2-6H,1H3,(H2,13,14,15). The fourth-order valence-electron chi connectivity index (χ4n) is 1.19. The van der Waals surface area contributed by atoms with Gasteiger partial charge in [0.2, 0.25) is 0 Å². The maximum Gasteiger partial charge on any atom is 0.190 e. The van der Waals surface area contributed by atoms with Gasteiger partial charge in [0.25, 0.3) is 0 Å². The zero-order valence-electron chi connectivity index (χ0n) is 9.05. The minimum absolute atomic E-state index is 0.504.